The molecule has 1 unspecified atom stereocenters. The van der Waals surface area contributed by atoms with E-state index in [9.17, 15) is 0 Å². The molecule has 1 heterocycles. The largest absolute Gasteiger partial charge is 0.392 e. The fourth-order valence-corrected chi connectivity index (χ4v) is 0.778. The third-order valence-electron chi connectivity index (χ3n) is 1.31. The van der Waals surface area contributed by atoms with Crippen LogP contribution >= 0.6 is 0 Å². The molecule has 1 rings (SSSR count). The van der Waals surface area contributed by atoms with Gasteiger partial charge in [0, 0.05) is 19.8 Å². The van der Waals surface area contributed by atoms with Crippen molar-refractivity contribution >= 4 is 5.69 Å². The lowest BCUT2D eigenvalue weighted by Gasteiger charge is -2.04. The van der Waals surface area contributed by atoms with E-state index in [4.69, 9.17) is 5.11 Å². The molecule has 0 fully saturated rings. The van der Waals surface area contributed by atoms with E-state index in [2.05, 4.69) is 10.4 Å². The first-order valence-electron chi connectivity index (χ1n) is 3.59. The molecule has 62 valence electrons. The lowest BCUT2D eigenvalue weighted by molar-refractivity contribution is 0.208. The molecule has 0 saturated carbocycles. The van der Waals surface area contributed by atoms with Crippen molar-refractivity contribution in [3.8, 4) is 0 Å². The molecule has 0 radical (unpaired) electrons. The minimum absolute atomic E-state index is 0.324. The Balaban J connectivity index is 2.39. The number of aromatic nitrogens is 2. The summed E-state index contributed by atoms with van der Waals surface area (Å²) in [5.41, 5.74) is 0.938. The molecule has 1 aromatic rings. The molecule has 0 aliphatic carbocycles. The van der Waals surface area contributed by atoms with Crippen molar-refractivity contribution in [2.45, 2.75) is 13.0 Å². The summed E-state index contributed by atoms with van der Waals surface area (Å²) in [6, 6.07) is 0. The lowest BCUT2D eigenvalue weighted by Crippen LogP contribution is -2.14. The van der Waals surface area contributed by atoms with Crippen LogP contribution in [0.1, 0.15) is 6.92 Å². The van der Waals surface area contributed by atoms with Gasteiger partial charge in [-0.3, -0.25) is 4.68 Å². The molecule has 11 heavy (non-hydrogen) atoms. The average Bonchev–Trinajstić information content (AvgIpc) is 2.31. The van der Waals surface area contributed by atoms with Crippen molar-refractivity contribution in [2.75, 3.05) is 11.9 Å². The first-order chi connectivity index (χ1) is 5.18. The van der Waals surface area contributed by atoms with Gasteiger partial charge in [0.05, 0.1) is 18.0 Å². The molecule has 0 aromatic carbocycles. The molecule has 2 N–H and O–H groups in total. The first-order valence-corrected chi connectivity index (χ1v) is 3.59. The van der Waals surface area contributed by atoms with Crippen molar-refractivity contribution < 1.29 is 5.11 Å². The predicted octanol–water partition coefficient (Wildman–Crippen LogP) is 0.213. The van der Waals surface area contributed by atoms with Gasteiger partial charge in [0.15, 0.2) is 0 Å². The van der Waals surface area contributed by atoms with E-state index in [-0.39, 0.29) is 6.10 Å². The Labute approximate surface area is 65.8 Å². The molecule has 0 bridgehead atoms. The average molecular weight is 155 g/mol. The van der Waals surface area contributed by atoms with E-state index in [0.717, 1.165) is 5.69 Å². The number of hydrogen-bond donors (Lipinski definition) is 2. The van der Waals surface area contributed by atoms with E-state index in [0.29, 0.717) is 6.54 Å². The van der Waals surface area contributed by atoms with Crippen LogP contribution in [-0.4, -0.2) is 27.5 Å². The van der Waals surface area contributed by atoms with Crippen molar-refractivity contribution in [1.29, 1.82) is 0 Å². The zero-order chi connectivity index (χ0) is 8.27. The van der Waals surface area contributed by atoms with E-state index >= 15 is 0 Å². The smallest absolute Gasteiger partial charge is 0.0727 e. The Morgan fingerprint density at radius 3 is 3.00 bits per heavy atom. The number of rotatable bonds is 3. The van der Waals surface area contributed by atoms with Crippen LogP contribution in [-0.2, 0) is 7.05 Å². The van der Waals surface area contributed by atoms with Gasteiger partial charge in [0.25, 0.3) is 0 Å². The van der Waals surface area contributed by atoms with Crippen LogP contribution in [0.5, 0.6) is 0 Å². The van der Waals surface area contributed by atoms with Gasteiger partial charge in [-0.25, -0.2) is 0 Å². The Bertz CT molecular complexity index is 219. The molecule has 0 aliphatic heterocycles. The van der Waals surface area contributed by atoms with Gasteiger partial charge in [-0.15, -0.1) is 0 Å². The molecular formula is C7H13N3O. The SMILES string of the molecule is CC(O)CNc1cnn(C)c1. The maximum Gasteiger partial charge on any atom is 0.0727 e. The molecule has 0 saturated heterocycles. The van der Waals surface area contributed by atoms with Crippen molar-refractivity contribution in [1.82, 2.24) is 9.78 Å². The highest BCUT2D eigenvalue weighted by Gasteiger charge is 1.96. The summed E-state index contributed by atoms with van der Waals surface area (Å²) in [6.07, 6.45) is 3.26. The van der Waals surface area contributed by atoms with Gasteiger partial charge >= 0.3 is 0 Å². The summed E-state index contributed by atoms with van der Waals surface area (Å²) in [6.45, 7) is 2.30. The zero-order valence-electron chi connectivity index (χ0n) is 6.78. The molecule has 1 atom stereocenters. The Morgan fingerprint density at radius 2 is 2.55 bits per heavy atom. The van der Waals surface area contributed by atoms with E-state index in [1.54, 1.807) is 17.8 Å². The quantitative estimate of drug-likeness (QED) is 0.656. The summed E-state index contributed by atoms with van der Waals surface area (Å²) in [4.78, 5) is 0. The van der Waals surface area contributed by atoms with Crippen molar-refractivity contribution in [3.05, 3.63) is 12.4 Å². The van der Waals surface area contributed by atoms with Crippen LogP contribution in [0.25, 0.3) is 0 Å². The van der Waals surface area contributed by atoms with Crippen LogP contribution in [0.4, 0.5) is 5.69 Å². The van der Waals surface area contributed by atoms with Gasteiger partial charge < -0.3 is 10.4 Å². The summed E-state index contributed by atoms with van der Waals surface area (Å²) in [5, 5.41) is 15.9. The zero-order valence-corrected chi connectivity index (χ0v) is 6.78. The second kappa shape index (κ2) is 3.39. The Hall–Kier alpha value is -1.03. The highest BCUT2D eigenvalue weighted by Crippen LogP contribution is 2.02. The predicted molar refractivity (Wildman–Crippen MR) is 43.4 cm³/mol. The normalized spacial score (nSPS) is 13.0. The Morgan fingerprint density at radius 1 is 1.82 bits per heavy atom. The van der Waals surface area contributed by atoms with Crippen molar-refractivity contribution in [2.24, 2.45) is 7.05 Å². The number of hydrogen-bond acceptors (Lipinski definition) is 3. The van der Waals surface area contributed by atoms with Crippen LogP contribution in [0, 0.1) is 0 Å². The van der Waals surface area contributed by atoms with Crippen molar-refractivity contribution in [3.63, 3.8) is 0 Å². The summed E-state index contributed by atoms with van der Waals surface area (Å²) >= 11 is 0. The number of anilines is 1. The molecule has 1 aromatic heterocycles. The third kappa shape index (κ3) is 2.59. The number of aryl methyl sites for hydroxylation is 1. The standard InChI is InChI=1S/C7H13N3O/c1-6(11)3-8-7-4-9-10(2)5-7/h4-6,8,11H,3H2,1-2H3. The summed E-state index contributed by atoms with van der Waals surface area (Å²) in [7, 11) is 1.85. The molecule has 0 spiro atoms. The van der Waals surface area contributed by atoms with E-state index in [1.807, 2.05) is 13.2 Å². The highest BCUT2D eigenvalue weighted by atomic mass is 16.3. The minimum Gasteiger partial charge on any atom is -0.392 e. The number of nitrogens with one attached hydrogen (secondary N) is 1. The van der Waals surface area contributed by atoms with Crippen LogP contribution < -0.4 is 5.32 Å². The molecule has 0 amide bonds. The Kier molecular flexibility index (Phi) is 2.48. The topological polar surface area (TPSA) is 50.1 Å². The maximum absolute atomic E-state index is 8.93. The number of nitrogens with zero attached hydrogens (tertiary/aromatic N) is 2. The minimum atomic E-state index is -0.324. The van der Waals surface area contributed by atoms with Crippen LogP contribution in [0.2, 0.25) is 0 Å². The molecule has 0 aliphatic rings. The van der Waals surface area contributed by atoms with Crippen LogP contribution in [0.3, 0.4) is 0 Å². The number of aliphatic hydroxyl groups is 1. The maximum atomic E-state index is 8.93. The van der Waals surface area contributed by atoms with Gasteiger partial charge in [-0.2, -0.15) is 5.10 Å². The fourth-order valence-electron chi connectivity index (χ4n) is 0.778. The summed E-state index contributed by atoms with van der Waals surface area (Å²) < 4.78 is 1.71. The number of aliphatic hydroxyl groups excluding tert-OH is 1. The second-order valence-electron chi connectivity index (χ2n) is 2.63. The second-order valence-corrected chi connectivity index (χ2v) is 2.63. The van der Waals surface area contributed by atoms with Gasteiger partial charge in [-0.05, 0) is 6.92 Å². The lowest BCUT2D eigenvalue weighted by atomic mass is 10.4. The molecule has 4 nitrogen and oxygen atoms in total. The van der Waals surface area contributed by atoms with E-state index in [1.165, 1.54) is 0 Å². The molecule has 4 heteroatoms. The monoisotopic (exact) mass is 155 g/mol. The summed E-state index contributed by atoms with van der Waals surface area (Å²) in [5.74, 6) is 0. The first kappa shape index (κ1) is 8.07. The van der Waals surface area contributed by atoms with Gasteiger partial charge in [0.2, 0.25) is 0 Å². The highest BCUT2D eigenvalue weighted by molar-refractivity contribution is 5.37. The van der Waals surface area contributed by atoms with Gasteiger partial charge in [0.1, 0.15) is 0 Å². The third-order valence-corrected chi connectivity index (χ3v) is 1.31. The fraction of sp³-hybridized carbons (Fsp3) is 0.571. The van der Waals surface area contributed by atoms with E-state index < -0.39 is 0 Å². The molecular weight excluding hydrogens is 142 g/mol. The van der Waals surface area contributed by atoms with Gasteiger partial charge in [-0.1, -0.05) is 0 Å². The van der Waals surface area contributed by atoms with Crippen LogP contribution in [0.15, 0.2) is 12.4 Å².